The average Bonchev–Trinajstić information content (AvgIpc) is 1.89. The topological polar surface area (TPSA) is 32.3 Å². The molecule has 0 heterocycles. The highest BCUT2D eigenvalue weighted by molar-refractivity contribution is 7.99. The van der Waals surface area contributed by atoms with Gasteiger partial charge >= 0.3 is 0 Å². The second kappa shape index (κ2) is 6.39. The third-order valence-electron chi connectivity index (χ3n) is 1.12. The molecule has 3 heteroatoms. The van der Waals surface area contributed by atoms with E-state index in [4.69, 9.17) is 5.21 Å². The summed E-state index contributed by atoms with van der Waals surface area (Å²) in [6.07, 6.45) is 1.04. The summed E-state index contributed by atoms with van der Waals surface area (Å²) in [6.45, 7) is 4.11. The molecule has 1 unspecified atom stereocenters. The number of thioether (sulfide) groups is 1. The smallest absolute Gasteiger partial charge is 0.0299 e. The highest BCUT2D eigenvalue weighted by Gasteiger charge is 1.96. The van der Waals surface area contributed by atoms with Gasteiger partial charge in [-0.15, -0.1) is 0 Å². The van der Waals surface area contributed by atoms with Crippen LogP contribution in [-0.4, -0.2) is 22.8 Å². The molecule has 0 bridgehead atoms. The van der Waals surface area contributed by atoms with E-state index in [1.807, 2.05) is 18.7 Å². The quantitative estimate of drug-likeness (QED) is 0.459. The van der Waals surface area contributed by atoms with Crippen molar-refractivity contribution < 1.29 is 5.21 Å². The molecule has 0 saturated carbocycles. The molecule has 0 aromatic carbocycles. The molecule has 0 rings (SSSR count). The number of hydrogen-bond donors (Lipinski definition) is 2. The van der Waals surface area contributed by atoms with Gasteiger partial charge in [0.1, 0.15) is 0 Å². The first-order chi connectivity index (χ1) is 4.31. The SMILES string of the molecule is CCSCCC(C)NO. The maximum atomic E-state index is 8.37. The lowest BCUT2D eigenvalue weighted by molar-refractivity contribution is 0.131. The highest BCUT2D eigenvalue weighted by atomic mass is 32.2. The van der Waals surface area contributed by atoms with Crippen molar-refractivity contribution in [2.45, 2.75) is 26.3 Å². The van der Waals surface area contributed by atoms with Crippen LogP contribution < -0.4 is 5.48 Å². The van der Waals surface area contributed by atoms with Gasteiger partial charge in [-0.25, -0.2) is 5.48 Å². The van der Waals surface area contributed by atoms with Crippen molar-refractivity contribution in [2.75, 3.05) is 11.5 Å². The monoisotopic (exact) mass is 149 g/mol. The van der Waals surface area contributed by atoms with Crippen LogP contribution in [0.15, 0.2) is 0 Å². The fraction of sp³-hybridized carbons (Fsp3) is 1.00. The van der Waals surface area contributed by atoms with E-state index in [0.29, 0.717) is 0 Å². The van der Waals surface area contributed by atoms with Crippen LogP contribution in [0.4, 0.5) is 0 Å². The molecule has 1 atom stereocenters. The fourth-order valence-electron chi connectivity index (χ4n) is 0.469. The summed E-state index contributed by atoms with van der Waals surface area (Å²) in [5.41, 5.74) is 2.21. The first kappa shape index (κ1) is 9.27. The maximum absolute atomic E-state index is 8.37. The molecule has 0 aliphatic heterocycles. The summed E-state index contributed by atoms with van der Waals surface area (Å²) in [5.74, 6) is 2.30. The molecular formula is C6H15NOS. The molecule has 0 fully saturated rings. The van der Waals surface area contributed by atoms with Crippen LogP contribution in [0.1, 0.15) is 20.3 Å². The zero-order valence-corrected chi connectivity index (χ0v) is 6.87. The van der Waals surface area contributed by atoms with Crippen molar-refractivity contribution in [3.8, 4) is 0 Å². The van der Waals surface area contributed by atoms with Crippen molar-refractivity contribution in [3.05, 3.63) is 0 Å². The molecule has 0 saturated heterocycles. The van der Waals surface area contributed by atoms with E-state index >= 15 is 0 Å². The molecule has 9 heavy (non-hydrogen) atoms. The van der Waals surface area contributed by atoms with E-state index in [-0.39, 0.29) is 6.04 Å². The lowest BCUT2D eigenvalue weighted by Gasteiger charge is -2.06. The van der Waals surface area contributed by atoms with Gasteiger partial charge in [-0.2, -0.15) is 11.8 Å². The molecular weight excluding hydrogens is 134 g/mol. The Labute approximate surface area is 61.0 Å². The van der Waals surface area contributed by atoms with Gasteiger partial charge in [-0.05, 0) is 24.9 Å². The van der Waals surface area contributed by atoms with E-state index in [1.54, 1.807) is 0 Å². The summed E-state index contributed by atoms with van der Waals surface area (Å²) < 4.78 is 0. The predicted molar refractivity (Wildman–Crippen MR) is 42.0 cm³/mol. The van der Waals surface area contributed by atoms with Crippen LogP contribution in [0.5, 0.6) is 0 Å². The fourth-order valence-corrected chi connectivity index (χ4v) is 1.28. The third kappa shape index (κ3) is 6.15. The number of rotatable bonds is 5. The van der Waals surface area contributed by atoms with Gasteiger partial charge in [0.2, 0.25) is 0 Å². The van der Waals surface area contributed by atoms with Gasteiger partial charge in [0.15, 0.2) is 0 Å². The van der Waals surface area contributed by atoms with Crippen LogP contribution in [0.25, 0.3) is 0 Å². The van der Waals surface area contributed by atoms with E-state index in [9.17, 15) is 0 Å². The molecule has 0 aromatic rings. The molecule has 0 radical (unpaired) electrons. The van der Waals surface area contributed by atoms with Crippen LogP contribution in [0.3, 0.4) is 0 Å². The Hall–Kier alpha value is 0.270. The zero-order chi connectivity index (χ0) is 7.11. The van der Waals surface area contributed by atoms with Crippen LogP contribution in [0.2, 0.25) is 0 Å². The van der Waals surface area contributed by atoms with Gasteiger partial charge in [-0.3, -0.25) is 0 Å². The molecule has 0 aromatic heterocycles. The standard InChI is InChI=1S/C6H15NOS/c1-3-9-5-4-6(2)7-8/h6-8H,3-5H2,1-2H3. The molecule has 0 spiro atoms. The van der Waals surface area contributed by atoms with Crippen LogP contribution >= 0.6 is 11.8 Å². The Kier molecular flexibility index (Phi) is 6.58. The largest absolute Gasteiger partial charge is 0.317 e. The number of hydroxylamine groups is 1. The molecule has 0 amide bonds. The van der Waals surface area contributed by atoms with E-state index in [0.717, 1.165) is 17.9 Å². The second-order valence-corrected chi connectivity index (χ2v) is 3.41. The highest BCUT2D eigenvalue weighted by Crippen LogP contribution is 2.02. The van der Waals surface area contributed by atoms with Gasteiger partial charge < -0.3 is 5.21 Å². The Bertz CT molecular complexity index is 61.0. The average molecular weight is 149 g/mol. The molecule has 2 nitrogen and oxygen atoms in total. The number of nitrogens with one attached hydrogen (secondary N) is 1. The van der Waals surface area contributed by atoms with Crippen LogP contribution in [0, 0.1) is 0 Å². The van der Waals surface area contributed by atoms with E-state index < -0.39 is 0 Å². The minimum atomic E-state index is 0.240. The second-order valence-electron chi connectivity index (χ2n) is 2.02. The third-order valence-corrected chi connectivity index (χ3v) is 2.05. The Morgan fingerprint density at radius 1 is 1.67 bits per heavy atom. The van der Waals surface area contributed by atoms with Gasteiger partial charge in [0, 0.05) is 6.04 Å². The van der Waals surface area contributed by atoms with Crippen molar-refractivity contribution in [1.82, 2.24) is 5.48 Å². The summed E-state index contributed by atoms with van der Waals surface area (Å²) >= 11 is 1.90. The maximum Gasteiger partial charge on any atom is 0.0299 e. The molecule has 2 N–H and O–H groups in total. The lowest BCUT2D eigenvalue weighted by atomic mass is 10.3. The molecule has 0 aliphatic carbocycles. The minimum Gasteiger partial charge on any atom is -0.317 e. The summed E-state index contributed by atoms with van der Waals surface area (Å²) in [7, 11) is 0. The predicted octanol–water partition coefficient (Wildman–Crippen LogP) is 1.50. The minimum absolute atomic E-state index is 0.240. The molecule has 56 valence electrons. The van der Waals surface area contributed by atoms with Crippen molar-refractivity contribution in [2.24, 2.45) is 0 Å². The zero-order valence-electron chi connectivity index (χ0n) is 6.05. The summed E-state index contributed by atoms with van der Waals surface area (Å²) in [6, 6.07) is 0.240. The van der Waals surface area contributed by atoms with E-state index in [2.05, 4.69) is 12.4 Å². The van der Waals surface area contributed by atoms with Crippen molar-refractivity contribution in [1.29, 1.82) is 0 Å². The first-order valence-electron chi connectivity index (χ1n) is 3.28. The van der Waals surface area contributed by atoms with Gasteiger partial charge in [-0.1, -0.05) is 6.92 Å². The number of hydrogen-bond acceptors (Lipinski definition) is 3. The summed E-state index contributed by atoms with van der Waals surface area (Å²) in [4.78, 5) is 0. The van der Waals surface area contributed by atoms with E-state index in [1.165, 1.54) is 0 Å². The normalized spacial score (nSPS) is 13.7. The molecule has 0 aliphatic rings. The van der Waals surface area contributed by atoms with Crippen LogP contribution in [-0.2, 0) is 0 Å². The van der Waals surface area contributed by atoms with Gasteiger partial charge in [0.05, 0.1) is 0 Å². The Morgan fingerprint density at radius 3 is 2.78 bits per heavy atom. The first-order valence-corrected chi connectivity index (χ1v) is 4.44. The summed E-state index contributed by atoms with van der Waals surface area (Å²) in [5, 5.41) is 8.37. The van der Waals surface area contributed by atoms with Crippen molar-refractivity contribution >= 4 is 11.8 Å². The van der Waals surface area contributed by atoms with Gasteiger partial charge in [0.25, 0.3) is 0 Å². The Morgan fingerprint density at radius 2 is 2.33 bits per heavy atom. The van der Waals surface area contributed by atoms with Crippen molar-refractivity contribution in [3.63, 3.8) is 0 Å². The lowest BCUT2D eigenvalue weighted by Crippen LogP contribution is -2.22. The Balaban J connectivity index is 2.88.